The molecule has 0 aliphatic rings. The first-order valence-corrected chi connectivity index (χ1v) is 7.81. The Morgan fingerprint density at radius 1 is 1.17 bits per heavy atom. The third kappa shape index (κ3) is 2.76. The maximum Gasteiger partial charge on any atom is 0.261 e. The summed E-state index contributed by atoms with van der Waals surface area (Å²) < 4.78 is 1.86. The van der Waals surface area contributed by atoms with E-state index in [4.69, 9.17) is 5.73 Å². The molecule has 0 saturated heterocycles. The van der Waals surface area contributed by atoms with Crippen LogP contribution in [0, 0.1) is 6.92 Å². The first kappa shape index (κ1) is 15.8. The predicted molar refractivity (Wildman–Crippen MR) is 97.4 cm³/mol. The van der Waals surface area contributed by atoms with Crippen molar-refractivity contribution >= 4 is 28.2 Å². The Morgan fingerprint density at radius 3 is 2.54 bits per heavy atom. The van der Waals surface area contributed by atoms with Gasteiger partial charge in [0.25, 0.3) is 5.91 Å². The Labute approximate surface area is 139 Å². The van der Waals surface area contributed by atoms with Gasteiger partial charge in [0.15, 0.2) is 0 Å². The number of nitrogens with one attached hydrogen (secondary N) is 1. The number of benzene rings is 2. The van der Waals surface area contributed by atoms with Crippen LogP contribution in [0.3, 0.4) is 0 Å². The Balaban J connectivity index is 2.10. The summed E-state index contributed by atoms with van der Waals surface area (Å²) in [7, 11) is 0. The molecule has 0 aliphatic carbocycles. The van der Waals surface area contributed by atoms with E-state index in [1.807, 2.05) is 36.6 Å². The molecule has 0 unspecified atom stereocenters. The van der Waals surface area contributed by atoms with E-state index in [9.17, 15) is 9.59 Å². The molecule has 1 heterocycles. The summed E-state index contributed by atoms with van der Waals surface area (Å²) in [5.74, 6) is -0.434. The normalized spacial score (nSPS) is 10.8. The van der Waals surface area contributed by atoms with Crippen LogP contribution in [0.5, 0.6) is 0 Å². The molecule has 2 aromatic carbocycles. The van der Waals surface area contributed by atoms with Crippen LogP contribution in [0.15, 0.2) is 53.5 Å². The van der Waals surface area contributed by atoms with E-state index in [1.54, 1.807) is 30.5 Å². The molecule has 1 amide bonds. The molecule has 0 saturated carbocycles. The lowest BCUT2D eigenvalue weighted by molar-refractivity contribution is 0.102. The van der Waals surface area contributed by atoms with E-state index in [0.717, 1.165) is 11.1 Å². The van der Waals surface area contributed by atoms with Crippen LogP contribution in [0.1, 0.15) is 22.8 Å². The number of nitrogens with two attached hydrogens (primary N) is 1. The third-order valence-electron chi connectivity index (χ3n) is 4.04. The maximum absolute atomic E-state index is 12.7. The largest absolute Gasteiger partial charge is 0.398 e. The molecule has 3 N–H and O–H groups in total. The van der Waals surface area contributed by atoms with Gasteiger partial charge in [0.05, 0.1) is 10.9 Å². The number of amides is 1. The lowest BCUT2D eigenvalue weighted by Crippen LogP contribution is -2.24. The van der Waals surface area contributed by atoms with Crippen LogP contribution in [0.2, 0.25) is 0 Å². The molecule has 0 bridgehead atoms. The topological polar surface area (TPSA) is 77.1 Å². The summed E-state index contributed by atoms with van der Waals surface area (Å²) in [6.45, 7) is 4.55. The number of rotatable bonds is 3. The summed E-state index contributed by atoms with van der Waals surface area (Å²) >= 11 is 0. The smallest absolute Gasteiger partial charge is 0.261 e. The molecule has 0 radical (unpaired) electrons. The number of nitrogens with zero attached hydrogens (tertiary/aromatic N) is 1. The summed E-state index contributed by atoms with van der Waals surface area (Å²) in [5.41, 5.74) is 8.56. The van der Waals surface area contributed by atoms with Gasteiger partial charge in [0.2, 0.25) is 5.43 Å². The summed E-state index contributed by atoms with van der Waals surface area (Å²) in [4.78, 5) is 25.3. The Bertz CT molecular complexity index is 972. The van der Waals surface area contributed by atoms with Crippen molar-refractivity contribution in [3.63, 3.8) is 0 Å². The predicted octanol–water partition coefficient (Wildman–Crippen LogP) is 3.16. The number of pyridine rings is 1. The second kappa shape index (κ2) is 6.20. The zero-order valence-corrected chi connectivity index (χ0v) is 13.7. The van der Waals surface area contributed by atoms with Gasteiger partial charge in [-0.15, -0.1) is 0 Å². The summed E-state index contributed by atoms with van der Waals surface area (Å²) in [6, 6.07) is 12.7. The average molecular weight is 321 g/mol. The zero-order valence-electron chi connectivity index (χ0n) is 13.7. The highest BCUT2D eigenvalue weighted by Crippen LogP contribution is 2.19. The van der Waals surface area contributed by atoms with Crippen LogP contribution < -0.4 is 16.5 Å². The molecular formula is C19H19N3O2. The second-order valence-electron chi connectivity index (χ2n) is 5.72. The summed E-state index contributed by atoms with van der Waals surface area (Å²) in [6.07, 6.45) is 1.59. The molecule has 0 spiro atoms. The highest BCUT2D eigenvalue weighted by molar-refractivity contribution is 6.06. The highest BCUT2D eigenvalue weighted by atomic mass is 16.2. The zero-order chi connectivity index (χ0) is 17.3. The van der Waals surface area contributed by atoms with E-state index in [2.05, 4.69) is 5.32 Å². The molecule has 3 rings (SSSR count). The van der Waals surface area contributed by atoms with Crippen LogP contribution in [-0.2, 0) is 6.54 Å². The molecule has 1 aromatic heterocycles. The highest BCUT2D eigenvalue weighted by Gasteiger charge is 2.16. The van der Waals surface area contributed by atoms with Gasteiger partial charge in [-0.25, -0.2) is 0 Å². The molecule has 0 aliphatic heterocycles. The fourth-order valence-corrected chi connectivity index (χ4v) is 2.72. The number of carbonyl (C=O) groups is 1. The number of aromatic nitrogens is 1. The van der Waals surface area contributed by atoms with Gasteiger partial charge in [0.1, 0.15) is 5.56 Å². The van der Waals surface area contributed by atoms with Crippen LogP contribution in [0.4, 0.5) is 11.4 Å². The first-order chi connectivity index (χ1) is 11.5. The maximum atomic E-state index is 12.7. The third-order valence-corrected chi connectivity index (χ3v) is 4.04. The quantitative estimate of drug-likeness (QED) is 0.727. The minimum Gasteiger partial charge on any atom is -0.398 e. The molecular weight excluding hydrogens is 302 g/mol. The molecule has 5 heteroatoms. The van der Waals surface area contributed by atoms with Gasteiger partial charge in [-0.05, 0) is 38.1 Å². The SMILES string of the molecule is CCn1cc(C(=O)Nc2ccc(C)cc2)c(=O)c2c(N)cccc21. The average Bonchev–Trinajstić information content (AvgIpc) is 2.57. The van der Waals surface area contributed by atoms with Crippen LogP contribution >= 0.6 is 0 Å². The molecule has 24 heavy (non-hydrogen) atoms. The van der Waals surface area contributed by atoms with Gasteiger partial charge in [-0.3, -0.25) is 9.59 Å². The molecule has 3 aromatic rings. The van der Waals surface area contributed by atoms with Gasteiger partial charge in [0, 0.05) is 24.1 Å². The van der Waals surface area contributed by atoms with E-state index in [0.29, 0.717) is 23.3 Å². The van der Waals surface area contributed by atoms with Crippen LogP contribution in [0.25, 0.3) is 10.9 Å². The fraction of sp³-hybridized carbons (Fsp3) is 0.158. The minimum absolute atomic E-state index is 0.0859. The van der Waals surface area contributed by atoms with E-state index < -0.39 is 5.91 Å². The molecule has 0 atom stereocenters. The van der Waals surface area contributed by atoms with Crippen molar-refractivity contribution in [3.05, 3.63) is 70.0 Å². The number of hydrogen-bond donors (Lipinski definition) is 2. The van der Waals surface area contributed by atoms with Gasteiger partial charge < -0.3 is 15.6 Å². The lowest BCUT2D eigenvalue weighted by atomic mass is 10.1. The number of anilines is 2. The number of nitrogen functional groups attached to an aromatic ring is 1. The van der Waals surface area contributed by atoms with E-state index >= 15 is 0 Å². The van der Waals surface area contributed by atoms with Gasteiger partial charge >= 0.3 is 0 Å². The van der Waals surface area contributed by atoms with Crippen LogP contribution in [-0.4, -0.2) is 10.5 Å². The summed E-state index contributed by atoms with van der Waals surface area (Å²) in [5, 5.41) is 3.15. The van der Waals surface area contributed by atoms with Crippen molar-refractivity contribution < 1.29 is 4.79 Å². The first-order valence-electron chi connectivity index (χ1n) is 7.81. The molecule has 0 fully saturated rings. The van der Waals surface area contributed by atoms with Crippen molar-refractivity contribution in [2.45, 2.75) is 20.4 Å². The second-order valence-corrected chi connectivity index (χ2v) is 5.72. The van der Waals surface area contributed by atoms with Crippen molar-refractivity contribution in [1.29, 1.82) is 0 Å². The number of carbonyl (C=O) groups excluding carboxylic acids is 1. The van der Waals surface area contributed by atoms with Crippen molar-refractivity contribution in [2.24, 2.45) is 0 Å². The van der Waals surface area contributed by atoms with Gasteiger partial charge in [-0.2, -0.15) is 0 Å². The standard InChI is InChI=1S/C19H19N3O2/c1-3-22-11-14(18(23)17-15(20)5-4-6-16(17)22)19(24)21-13-9-7-12(2)8-10-13/h4-11H,3,20H2,1-2H3,(H,21,24). The monoisotopic (exact) mass is 321 g/mol. The van der Waals surface area contributed by atoms with Gasteiger partial charge in [-0.1, -0.05) is 23.8 Å². The molecule has 5 nitrogen and oxygen atoms in total. The van der Waals surface area contributed by atoms with Crippen molar-refractivity contribution in [2.75, 3.05) is 11.1 Å². The number of hydrogen-bond acceptors (Lipinski definition) is 3. The number of aryl methyl sites for hydroxylation is 2. The molecule has 122 valence electrons. The van der Waals surface area contributed by atoms with E-state index in [1.165, 1.54) is 0 Å². The Kier molecular flexibility index (Phi) is 4.08. The Hall–Kier alpha value is -3.08. The Morgan fingerprint density at radius 2 is 1.88 bits per heavy atom. The minimum atomic E-state index is -0.434. The number of fused-ring (bicyclic) bond motifs is 1. The van der Waals surface area contributed by atoms with E-state index in [-0.39, 0.29) is 11.0 Å². The van der Waals surface area contributed by atoms with Crippen molar-refractivity contribution in [1.82, 2.24) is 4.57 Å². The fourth-order valence-electron chi connectivity index (χ4n) is 2.72. The van der Waals surface area contributed by atoms with Crippen molar-refractivity contribution in [3.8, 4) is 0 Å². The lowest BCUT2D eigenvalue weighted by Gasteiger charge is -2.13.